The zero-order valence-corrected chi connectivity index (χ0v) is 13.6. The number of benzene rings is 1. The van der Waals surface area contributed by atoms with Gasteiger partial charge < -0.3 is 14.9 Å². The van der Waals surface area contributed by atoms with Crippen molar-refractivity contribution in [1.29, 1.82) is 0 Å². The van der Waals surface area contributed by atoms with Crippen LogP contribution in [0.2, 0.25) is 0 Å². The summed E-state index contributed by atoms with van der Waals surface area (Å²) < 4.78 is 37.6. The molecule has 0 atom stereocenters. The number of phenols is 1. The molecule has 0 aliphatic rings. The number of aromatic hydroxyl groups is 1. The quantitative estimate of drug-likeness (QED) is 0.364. The van der Waals surface area contributed by atoms with Crippen molar-refractivity contribution in [1.82, 2.24) is 4.90 Å². The van der Waals surface area contributed by atoms with E-state index in [1.54, 1.807) is 14.1 Å². The number of non-ortho nitro benzene ring substituents is 1. The molecule has 7 nitrogen and oxygen atoms in total. The number of carbonyl (C=O) groups excluding carboxylic acids is 1. The summed E-state index contributed by atoms with van der Waals surface area (Å²) in [7, 11) is 4.57. The lowest BCUT2D eigenvalue weighted by molar-refractivity contribution is -0.384. The maximum absolute atomic E-state index is 12.5. The number of nitro benzene ring substituents is 1. The summed E-state index contributed by atoms with van der Waals surface area (Å²) in [6.07, 6.45) is -2.02. The molecule has 1 aromatic rings. The van der Waals surface area contributed by atoms with Crippen LogP contribution in [0.5, 0.6) is 5.75 Å². The number of alkyl halides is 3. The number of rotatable bonds is 6. The van der Waals surface area contributed by atoms with Crippen molar-refractivity contribution in [3.63, 3.8) is 0 Å². The third-order valence-corrected chi connectivity index (χ3v) is 3.02. The first-order valence-electron chi connectivity index (χ1n) is 6.82. The number of nitrogens with zero attached hydrogens (tertiary/aromatic N) is 3. The molecule has 25 heavy (non-hydrogen) atoms. The van der Waals surface area contributed by atoms with Gasteiger partial charge in [-0.15, -0.1) is 0 Å². The molecule has 1 N–H and O–H groups in total. The van der Waals surface area contributed by atoms with Gasteiger partial charge in [0.1, 0.15) is 5.75 Å². The summed E-state index contributed by atoms with van der Waals surface area (Å²) in [6, 6.07) is 3.12. The number of nitro groups is 1. The largest absolute Gasteiger partial charge is 0.505 e. The highest BCUT2D eigenvalue weighted by Gasteiger charge is 2.37. The number of allylic oxidation sites excluding steroid dienone is 2. The Kier molecular flexibility index (Phi) is 6.15. The van der Waals surface area contributed by atoms with E-state index in [4.69, 9.17) is 0 Å². The van der Waals surface area contributed by atoms with Crippen LogP contribution in [0.25, 0.3) is 0 Å². The Morgan fingerprint density at radius 2 is 1.88 bits per heavy atom. The highest BCUT2D eigenvalue weighted by Crippen LogP contribution is 2.33. The molecule has 0 amide bonds. The Bertz CT molecular complexity index is 727. The maximum atomic E-state index is 12.5. The van der Waals surface area contributed by atoms with Gasteiger partial charge >= 0.3 is 6.18 Å². The first kappa shape index (κ1) is 20.0. The van der Waals surface area contributed by atoms with Crippen LogP contribution in [0.1, 0.15) is 0 Å². The number of likely N-dealkylation sites (N-methyl/N-ethyl adjacent to an activating group) is 1. The lowest BCUT2D eigenvalue weighted by Gasteiger charge is -2.22. The summed E-state index contributed by atoms with van der Waals surface area (Å²) in [5.41, 5.74) is -0.550. The van der Waals surface area contributed by atoms with E-state index in [9.17, 15) is 33.2 Å². The fourth-order valence-electron chi connectivity index (χ4n) is 1.75. The minimum Gasteiger partial charge on any atom is -0.505 e. The van der Waals surface area contributed by atoms with Crippen LogP contribution in [-0.4, -0.2) is 48.0 Å². The first-order chi connectivity index (χ1) is 11.4. The highest BCUT2D eigenvalue weighted by atomic mass is 19.4. The summed E-state index contributed by atoms with van der Waals surface area (Å²) >= 11 is 0. The van der Waals surface area contributed by atoms with Crippen molar-refractivity contribution in [2.75, 3.05) is 26.0 Å². The molecule has 0 aromatic heterocycles. The van der Waals surface area contributed by atoms with Gasteiger partial charge in [0.05, 0.1) is 16.7 Å². The topological polar surface area (TPSA) is 86.9 Å². The SMILES string of the molecule is CN(C)/C=C/C(=C/C(=O)C(F)(F)F)N(C)c1ccc([N+](=O)[O-])cc1O. The second kappa shape index (κ2) is 7.69. The Morgan fingerprint density at radius 3 is 2.32 bits per heavy atom. The Hall–Kier alpha value is -3.04. The molecule has 0 spiro atoms. The number of anilines is 1. The van der Waals surface area contributed by atoms with Crippen molar-refractivity contribution >= 4 is 17.2 Å². The van der Waals surface area contributed by atoms with Crippen molar-refractivity contribution in [2.24, 2.45) is 0 Å². The van der Waals surface area contributed by atoms with Gasteiger partial charge in [-0.2, -0.15) is 13.2 Å². The molecule has 0 radical (unpaired) electrons. The molecule has 1 rings (SSSR count). The summed E-state index contributed by atoms with van der Waals surface area (Å²) in [6.45, 7) is 0. The summed E-state index contributed by atoms with van der Waals surface area (Å²) in [4.78, 5) is 23.9. The fourth-order valence-corrected chi connectivity index (χ4v) is 1.75. The molecule has 0 heterocycles. The van der Waals surface area contributed by atoms with Gasteiger partial charge in [0, 0.05) is 45.2 Å². The lowest BCUT2D eigenvalue weighted by Crippen LogP contribution is -2.24. The van der Waals surface area contributed by atoms with Crippen LogP contribution in [0.15, 0.2) is 42.2 Å². The van der Waals surface area contributed by atoms with Crippen LogP contribution >= 0.6 is 0 Å². The van der Waals surface area contributed by atoms with E-state index in [0.717, 1.165) is 17.0 Å². The molecule has 10 heteroatoms. The van der Waals surface area contributed by atoms with E-state index in [1.165, 1.54) is 30.3 Å². The average Bonchev–Trinajstić information content (AvgIpc) is 2.49. The Balaban J connectivity index is 3.33. The molecule has 0 saturated heterocycles. The van der Waals surface area contributed by atoms with Crippen LogP contribution in [-0.2, 0) is 4.79 Å². The maximum Gasteiger partial charge on any atom is 0.454 e. The number of phenolic OH excluding ortho intramolecular Hbond substituents is 1. The minimum absolute atomic E-state index is 0.00442. The molecular weight excluding hydrogens is 343 g/mol. The van der Waals surface area contributed by atoms with Crippen molar-refractivity contribution in [3.05, 3.63) is 52.4 Å². The number of hydrogen-bond donors (Lipinski definition) is 1. The van der Waals surface area contributed by atoms with E-state index >= 15 is 0 Å². The van der Waals surface area contributed by atoms with Crippen LogP contribution < -0.4 is 4.90 Å². The van der Waals surface area contributed by atoms with E-state index in [1.807, 2.05) is 0 Å². The summed E-state index contributed by atoms with van der Waals surface area (Å²) in [5.74, 6) is -2.58. The molecule has 0 saturated carbocycles. The fraction of sp³-hybridized carbons (Fsp3) is 0.267. The third-order valence-electron chi connectivity index (χ3n) is 3.02. The van der Waals surface area contributed by atoms with Gasteiger partial charge in [0.2, 0.25) is 0 Å². The monoisotopic (exact) mass is 359 g/mol. The zero-order valence-electron chi connectivity index (χ0n) is 13.6. The molecule has 0 unspecified atom stereocenters. The third kappa shape index (κ3) is 5.52. The molecule has 0 aliphatic carbocycles. The van der Waals surface area contributed by atoms with Crippen LogP contribution in [0.4, 0.5) is 24.5 Å². The molecule has 1 aromatic carbocycles. The second-order valence-electron chi connectivity index (χ2n) is 5.20. The van der Waals surface area contributed by atoms with Gasteiger partial charge in [0.15, 0.2) is 0 Å². The predicted molar refractivity (Wildman–Crippen MR) is 85.1 cm³/mol. The van der Waals surface area contributed by atoms with E-state index in [-0.39, 0.29) is 17.1 Å². The highest BCUT2D eigenvalue weighted by molar-refractivity contribution is 5.96. The zero-order chi connectivity index (χ0) is 19.4. The Morgan fingerprint density at radius 1 is 1.28 bits per heavy atom. The molecule has 0 aliphatic heterocycles. The molecule has 0 bridgehead atoms. The van der Waals surface area contributed by atoms with Gasteiger partial charge in [0.25, 0.3) is 11.5 Å². The lowest BCUT2D eigenvalue weighted by atomic mass is 10.2. The number of halogens is 3. The standard InChI is InChI=1S/C15H16F3N3O4/c1-19(2)7-6-10(9-14(23)15(16,17)18)20(3)12-5-4-11(21(24)25)8-13(12)22/h4-9,22H,1-3H3/b7-6+,10-9-. The molecule has 136 valence electrons. The van der Waals surface area contributed by atoms with Gasteiger partial charge in [-0.25, -0.2) is 0 Å². The normalized spacial score (nSPS) is 12.3. The number of carbonyl (C=O) groups is 1. The number of ketones is 1. The molecule has 0 fully saturated rings. The van der Waals surface area contributed by atoms with E-state index in [0.29, 0.717) is 6.08 Å². The van der Waals surface area contributed by atoms with Crippen molar-refractivity contribution < 1.29 is 28.0 Å². The average molecular weight is 359 g/mol. The van der Waals surface area contributed by atoms with Gasteiger partial charge in [-0.05, 0) is 12.1 Å². The van der Waals surface area contributed by atoms with Gasteiger partial charge in [-0.1, -0.05) is 0 Å². The van der Waals surface area contributed by atoms with E-state index < -0.39 is 22.6 Å². The van der Waals surface area contributed by atoms with Gasteiger partial charge in [-0.3, -0.25) is 14.9 Å². The van der Waals surface area contributed by atoms with Crippen LogP contribution in [0.3, 0.4) is 0 Å². The van der Waals surface area contributed by atoms with Crippen LogP contribution in [0, 0.1) is 10.1 Å². The second-order valence-corrected chi connectivity index (χ2v) is 5.20. The summed E-state index contributed by atoms with van der Waals surface area (Å²) in [5, 5.41) is 20.6. The van der Waals surface area contributed by atoms with E-state index in [2.05, 4.69) is 0 Å². The smallest absolute Gasteiger partial charge is 0.454 e. The predicted octanol–water partition coefficient (Wildman–Crippen LogP) is 2.83. The molecular formula is C15H16F3N3O4. The van der Waals surface area contributed by atoms with Crippen molar-refractivity contribution in [3.8, 4) is 5.75 Å². The number of hydrogen-bond acceptors (Lipinski definition) is 6. The van der Waals surface area contributed by atoms with Crippen molar-refractivity contribution in [2.45, 2.75) is 6.18 Å². The first-order valence-corrected chi connectivity index (χ1v) is 6.82. The Labute approximate surface area is 141 Å². The minimum atomic E-state index is -5.05.